The number of fused-ring (bicyclic) bond motifs is 1. The number of aromatic nitrogens is 2. The lowest BCUT2D eigenvalue weighted by Crippen LogP contribution is -2.46. The van der Waals surface area contributed by atoms with Crippen molar-refractivity contribution in [2.45, 2.75) is 44.4 Å². The molecule has 174 valence electrons. The maximum atomic E-state index is 13.1. The molecule has 5 rings (SSSR count). The molecule has 2 saturated heterocycles. The van der Waals surface area contributed by atoms with Gasteiger partial charge in [-0.25, -0.2) is 13.1 Å². The minimum Gasteiger partial charge on any atom is -0.356 e. The minimum atomic E-state index is -3.13. The Morgan fingerprint density at radius 2 is 2.06 bits per heavy atom. The van der Waals surface area contributed by atoms with Gasteiger partial charge in [-0.3, -0.25) is 4.79 Å². The molecular weight excluding hydrogens is 462 g/mol. The molecule has 2 unspecified atom stereocenters. The summed E-state index contributed by atoms with van der Waals surface area (Å²) in [5, 5.41) is 9.30. The molecule has 1 N–H and O–H groups in total. The van der Waals surface area contributed by atoms with Crippen LogP contribution in [0.15, 0.2) is 42.5 Å². The van der Waals surface area contributed by atoms with Crippen LogP contribution in [0, 0.1) is 0 Å². The number of ether oxygens (including phenoxy) is 1. The van der Waals surface area contributed by atoms with E-state index in [1.165, 1.54) is 0 Å². The summed E-state index contributed by atoms with van der Waals surface area (Å²) < 4.78 is 31.7. The van der Waals surface area contributed by atoms with Gasteiger partial charge < -0.3 is 10.1 Å². The second-order valence-corrected chi connectivity index (χ2v) is 11.8. The van der Waals surface area contributed by atoms with Crippen molar-refractivity contribution in [2.24, 2.45) is 0 Å². The Balaban J connectivity index is 1.56. The van der Waals surface area contributed by atoms with Crippen LogP contribution in [0.5, 0.6) is 0 Å². The zero-order valence-corrected chi connectivity index (χ0v) is 20.0. The number of sulfone groups is 1. The number of benzene rings is 2. The van der Waals surface area contributed by atoms with Crippen molar-refractivity contribution in [2.75, 3.05) is 18.1 Å². The molecule has 0 bridgehead atoms. The molecule has 2 atom stereocenters. The lowest BCUT2D eigenvalue weighted by atomic mass is 10.0. The van der Waals surface area contributed by atoms with Crippen LogP contribution in [0.4, 0.5) is 0 Å². The molecule has 2 aromatic carbocycles. The number of hydrogen-bond donors (Lipinski definition) is 1. The third-order valence-electron chi connectivity index (χ3n) is 6.45. The number of hydrogen-bond acceptors (Lipinski definition) is 5. The Bertz CT molecular complexity index is 1330. The van der Waals surface area contributed by atoms with Crippen LogP contribution in [0.3, 0.4) is 0 Å². The summed E-state index contributed by atoms with van der Waals surface area (Å²) in [6.45, 7) is 2.45. The molecule has 2 aliphatic rings. The largest absolute Gasteiger partial charge is 0.356 e. The normalized spacial score (nSPS) is 24.7. The quantitative estimate of drug-likeness (QED) is 0.590. The number of nitrogens with one attached hydrogen (secondary N) is 1. The van der Waals surface area contributed by atoms with Gasteiger partial charge in [0, 0.05) is 23.1 Å². The van der Waals surface area contributed by atoms with E-state index in [4.69, 9.17) is 21.4 Å². The van der Waals surface area contributed by atoms with Crippen molar-refractivity contribution in [3.63, 3.8) is 0 Å². The van der Waals surface area contributed by atoms with E-state index < -0.39 is 15.4 Å². The summed E-state index contributed by atoms with van der Waals surface area (Å²) >= 11 is 6.48. The van der Waals surface area contributed by atoms with E-state index in [9.17, 15) is 13.2 Å². The first-order chi connectivity index (χ1) is 15.7. The van der Waals surface area contributed by atoms with E-state index >= 15 is 0 Å². The molecule has 0 spiro atoms. The maximum absolute atomic E-state index is 13.1. The summed E-state index contributed by atoms with van der Waals surface area (Å²) in [6.07, 6.45) is 3.09. The van der Waals surface area contributed by atoms with Gasteiger partial charge in [-0.05, 0) is 56.9 Å². The topological polar surface area (TPSA) is 90.3 Å². The number of amides is 1. The molecule has 2 aliphatic heterocycles. The summed E-state index contributed by atoms with van der Waals surface area (Å²) in [4.78, 5) is 13.1. The highest BCUT2D eigenvalue weighted by Gasteiger charge is 2.39. The molecule has 7 nitrogen and oxygen atoms in total. The Morgan fingerprint density at radius 1 is 1.24 bits per heavy atom. The predicted molar refractivity (Wildman–Crippen MR) is 128 cm³/mol. The van der Waals surface area contributed by atoms with Gasteiger partial charge >= 0.3 is 0 Å². The Kier molecular flexibility index (Phi) is 5.71. The highest BCUT2D eigenvalue weighted by molar-refractivity contribution is 7.91. The smallest absolute Gasteiger partial charge is 0.251 e. The number of nitrogens with zero attached hydrogens (tertiary/aromatic N) is 2. The first kappa shape index (κ1) is 22.4. The summed E-state index contributed by atoms with van der Waals surface area (Å²) in [5.74, 6) is -0.248. The van der Waals surface area contributed by atoms with Gasteiger partial charge in [0.05, 0.1) is 27.6 Å². The maximum Gasteiger partial charge on any atom is 0.251 e. The predicted octanol–water partition coefficient (Wildman–Crippen LogP) is 4.36. The summed E-state index contributed by atoms with van der Waals surface area (Å²) in [5.41, 5.74) is 2.04. The van der Waals surface area contributed by atoms with Crippen molar-refractivity contribution in [1.29, 1.82) is 0 Å². The van der Waals surface area contributed by atoms with Crippen molar-refractivity contribution >= 4 is 38.2 Å². The number of carbonyl (C=O) groups excluding carboxylic acids is 1. The minimum absolute atomic E-state index is 0.0432. The number of carbonyl (C=O) groups is 1. The van der Waals surface area contributed by atoms with E-state index in [-0.39, 0.29) is 23.6 Å². The SMILES string of the molecule is CC1(NC(=O)c2ccc3c(-c4ccccc4Cl)nn(C4CCCCO4)c3c2)CCS(=O)(=O)C1. The zero-order chi connectivity index (χ0) is 23.2. The molecule has 1 aromatic heterocycles. The van der Waals surface area contributed by atoms with Gasteiger partial charge in [0.2, 0.25) is 0 Å². The summed E-state index contributed by atoms with van der Waals surface area (Å²) in [7, 11) is -3.13. The highest BCUT2D eigenvalue weighted by atomic mass is 35.5. The van der Waals surface area contributed by atoms with Crippen LogP contribution in [0.25, 0.3) is 22.2 Å². The van der Waals surface area contributed by atoms with Crippen LogP contribution >= 0.6 is 11.6 Å². The third kappa shape index (κ3) is 4.39. The fourth-order valence-electron chi connectivity index (χ4n) is 4.72. The van der Waals surface area contributed by atoms with Crippen molar-refractivity contribution in [1.82, 2.24) is 15.1 Å². The average Bonchev–Trinajstić information content (AvgIpc) is 3.30. The molecule has 0 radical (unpaired) electrons. The lowest BCUT2D eigenvalue weighted by molar-refractivity contribution is -0.0365. The molecule has 3 heterocycles. The Hall–Kier alpha value is -2.42. The van der Waals surface area contributed by atoms with Crippen molar-refractivity contribution < 1.29 is 17.9 Å². The molecule has 0 saturated carbocycles. The number of rotatable bonds is 4. The first-order valence-corrected chi connectivity index (χ1v) is 13.4. The standard InChI is InChI=1S/C24H26ClN3O4S/c1-24(11-13-33(30,31)15-24)26-23(29)16-9-10-18-20(14-16)28(21-8-4-5-12-32-21)27-22(18)17-6-2-3-7-19(17)25/h2-3,6-7,9-10,14,21H,4-5,8,11-13,15H2,1H3,(H,26,29). The van der Waals surface area contributed by atoms with Crippen LogP contribution in [0.1, 0.15) is 49.2 Å². The molecular formula is C24H26ClN3O4S. The highest BCUT2D eigenvalue weighted by Crippen LogP contribution is 2.36. The first-order valence-electron chi connectivity index (χ1n) is 11.2. The van der Waals surface area contributed by atoms with Crippen molar-refractivity contribution in [3.05, 3.63) is 53.1 Å². The Morgan fingerprint density at radius 3 is 2.76 bits per heavy atom. The van der Waals surface area contributed by atoms with Gasteiger partial charge in [0.15, 0.2) is 16.1 Å². The molecule has 9 heteroatoms. The van der Waals surface area contributed by atoms with E-state index in [0.29, 0.717) is 23.6 Å². The second-order valence-electron chi connectivity index (χ2n) is 9.18. The van der Waals surface area contributed by atoms with E-state index in [1.807, 2.05) is 41.1 Å². The van der Waals surface area contributed by atoms with Crippen LogP contribution in [-0.2, 0) is 14.6 Å². The van der Waals surface area contributed by atoms with Gasteiger partial charge in [0.1, 0.15) is 5.69 Å². The fourth-order valence-corrected chi connectivity index (χ4v) is 7.04. The molecule has 3 aromatic rings. The van der Waals surface area contributed by atoms with Gasteiger partial charge in [-0.15, -0.1) is 0 Å². The second kappa shape index (κ2) is 8.42. The van der Waals surface area contributed by atoms with Gasteiger partial charge in [-0.1, -0.05) is 29.8 Å². The monoisotopic (exact) mass is 487 g/mol. The summed E-state index contributed by atoms with van der Waals surface area (Å²) in [6, 6.07) is 13.0. The molecule has 1 amide bonds. The zero-order valence-electron chi connectivity index (χ0n) is 18.4. The molecule has 33 heavy (non-hydrogen) atoms. The van der Waals surface area contributed by atoms with E-state index in [2.05, 4.69) is 5.32 Å². The van der Waals surface area contributed by atoms with Crippen LogP contribution < -0.4 is 5.32 Å². The lowest BCUT2D eigenvalue weighted by Gasteiger charge is -2.24. The Labute approximate surface area is 198 Å². The van der Waals surface area contributed by atoms with Gasteiger partial charge in [0.25, 0.3) is 5.91 Å². The van der Waals surface area contributed by atoms with Gasteiger partial charge in [-0.2, -0.15) is 5.10 Å². The van der Waals surface area contributed by atoms with E-state index in [1.54, 1.807) is 13.0 Å². The molecule has 0 aliphatic carbocycles. The van der Waals surface area contributed by atoms with Crippen LogP contribution in [0.2, 0.25) is 5.02 Å². The van der Waals surface area contributed by atoms with Crippen LogP contribution in [-0.4, -0.2) is 47.8 Å². The van der Waals surface area contributed by atoms with Crippen molar-refractivity contribution in [3.8, 4) is 11.3 Å². The third-order valence-corrected chi connectivity index (χ3v) is 8.68. The average molecular weight is 488 g/mol. The van der Waals surface area contributed by atoms with E-state index in [0.717, 1.165) is 41.4 Å². The molecule has 2 fully saturated rings. The number of halogens is 1. The fraction of sp³-hybridized carbons (Fsp3) is 0.417.